The summed E-state index contributed by atoms with van der Waals surface area (Å²) in [5.41, 5.74) is 2.60. The van der Waals surface area contributed by atoms with E-state index in [1.165, 1.54) is 83.5 Å². The van der Waals surface area contributed by atoms with Crippen molar-refractivity contribution in [2.45, 2.75) is 163 Å². The second kappa shape index (κ2) is 14.9. The molecule has 4 rings (SSSR count). The fourth-order valence-corrected chi connectivity index (χ4v) is 9.72. The predicted octanol–water partition coefficient (Wildman–Crippen LogP) is 10.2. The van der Waals surface area contributed by atoms with Gasteiger partial charge in [0.1, 0.15) is 0 Å². The number of rotatable bonds is 12. The molecule has 0 radical (unpaired) electrons. The summed E-state index contributed by atoms with van der Waals surface area (Å²) in [6.07, 6.45) is 24.4. The van der Waals surface area contributed by atoms with Gasteiger partial charge in [-0.15, -0.1) is 0 Å². The number of hydrogen-bond acceptors (Lipinski definition) is 2. The Hall–Kier alpha value is -0.830. The Morgan fingerprint density at radius 2 is 1.64 bits per heavy atom. The molecule has 2 N–H and O–H groups in total. The van der Waals surface area contributed by atoms with Crippen LogP contribution in [0.5, 0.6) is 0 Å². The maximum absolute atomic E-state index is 10.2. The quantitative estimate of drug-likeness (QED) is 0.190. The van der Waals surface area contributed by atoms with Gasteiger partial charge in [-0.25, -0.2) is 0 Å². The van der Waals surface area contributed by atoms with E-state index >= 15 is 0 Å². The Morgan fingerprint density at radius 1 is 0.923 bits per heavy atom. The van der Waals surface area contributed by atoms with Gasteiger partial charge in [0.05, 0.1) is 6.10 Å². The van der Waals surface area contributed by atoms with Crippen LogP contribution in [0.4, 0.5) is 0 Å². The van der Waals surface area contributed by atoms with Gasteiger partial charge in [-0.2, -0.15) is 0 Å². The summed E-state index contributed by atoms with van der Waals surface area (Å²) in [7, 11) is 0. The smallest absolute Gasteiger partial charge is 0.303 e. The van der Waals surface area contributed by atoms with Crippen molar-refractivity contribution in [2.75, 3.05) is 0 Å². The Bertz CT molecular complexity index is 786. The lowest BCUT2D eigenvalue weighted by atomic mass is 9.47. The minimum atomic E-state index is -0.666. The van der Waals surface area contributed by atoms with Gasteiger partial charge < -0.3 is 10.2 Å². The standard InChI is InChI=1S/C27H46O.C9H18O2/c1-18(2)7-6-8-19(3)23-11-12-24-22-10-9-20-17-21(28)13-15-26(20,4)25(22)14-16-27(23,24)5;1-2-3-4-5-6-7-8-9(10)11/h9,18-19,21-25,28H,6-8,10-17H2,1-5H3;2-8H2,1H3,(H,10,11)/t19-,21+,22+,23-,24+,25+,26+,27-;/m1./s1. The molecule has 0 spiro atoms. The second-order valence-corrected chi connectivity index (χ2v) is 15.1. The molecule has 0 amide bonds. The molecule has 3 heteroatoms. The zero-order valence-corrected chi connectivity index (χ0v) is 26.6. The number of carboxylic acids is 1. The van der Waals surface area contributed by atoms with Gasteiger partial charge in [0.25, 0.3) is 0 Å². The Balaban J connectivity index is 0.000000325. The van der Waals surface area contributed by atoms with Gasteiger partial charge in [0.15, 0.2) is 0 Å². The predicted molar refractivity (Wildman–Crippen MR) is 165 cm³/mol. The molecule has 0 bridgehead atoms. The Morgan fingerprint density at radius 3 is 2.33 bits per heavy atom. The van der Waals surface area contributed by atoms with Gasteiger partial charge in [0, 0.05) is 6.42 Å². The van der Waals surface area contributed by atoms with Gasteiger partial charge in [-0.05, 0) is 104 Å². The van der Waals surface area contributed by atoms with Crippen molar-refractivity contribution in [2.24, 2.45) is 46.3 Å². The van der Waals surface area contributed by atoms with Crippen LogP contribution in [0.1, 0.15) is 157 Å². The van der Waals surface area contributed by atoms with E-state index in [1.807, 2.05) is 0 Å². The molecule has 39 heavy (non-hydrogen) atoms. The van der Waals surface area contributed by atoms with Gasteiger partial charge in [-0.1, -0.05) is 105 Å². The highest BCUT2D eigenvalue weighted by Crippen LogP contribution is 2.67. The lowest BCUT2D eigenvalue weighted by Gasteiger charge is -2.58. The van der Waals surface area contributed by atoms with Gasteiger partial charge in [-0.3, -0.25) is 4.79 Å². The van der Waals surface area contributed by atoms with Gasteiger partial charge in [0.2, 0.25) is 0 Å². The largest absolute Gasteiger partial charge is 0.481 e. The maximum atomic E-state index is 10.2. The lowest BCUT2D eigenvalue weighted by molar-refractivity contribution is -0.137. The third-order valence-corrected chi connectivity index (χ3v) is 12.0. The molecule has 3 nitrogen and oxygen atoms in total. The third-order valence-electron chi connectivity index (χ3n) is 12.0. The molecular formula is C36H64O3. The van der Waals surface area contributed by atoms with Crippen molar-refractivity contribution in [3.63, 3.8) is 0 Å². The first-order valence-electron chi connectivity index (χ1n) is 17.1. The molecule has 0 aromatic carbocycles. The molecule has 0 aromatic rings. The van der Waals surface area contributed by atoms with Gasteiger partial charge >= 0.3 is 5.97 Å². The Labute approximate surface area is 242 Å². The second-order valence-electron chi connectivity index (χ2n) is 15.1. The van der Waals surface area contributed by atoms with Crippen molar-refractivity contribution in [1.29, 1.82) is 0 Å². The van der Waals surface area contributed by atoms with E-state index in [2.05, 4.69) is 47.6 Å². The number of carbonyl (C=O) groups is 1. The molecule has 3 saturated carbocycles. The SMILES string of the molecule is CC(C)CCC[C@@H](C)[C@H]1CC[C@H]2[C@@H]3CC=C4C[C@@H](O)CC[C@]4(C)[C@H]3CC[C@]12C.CCCCCCCCC(=O)O. The van der Waals surface area contributed by atoms with E-state index in [0.29, 0.717) is 17.3 Å². The molecule has 226 valence electrons. The summed E-state index contributed by atoms with van der Waals surface area (Å²) >= 11 is 0. The van der Waals surface area contributed by atoms with E-state index in [-0.39, 0.29) is 6.10 Å². The first-order valence-corrected chi connectivity index (χ1v) is 17.1. The van der Waals surface area contributed by atoms with Crippen LogP contribution in [0, 0.1) is 46.3 Å². The molecule has 8 atom stereocenters. The van der Waals surface area contributed by atoms with Crippen LogP contribution in [-0.2, 0) is 4.79 Å². The number of unbranched alkanes of at least 4 members (excludes halogenated alkanes) is 5. The summed E-state index contributed by atoms with van der Waals surface area (Å²) in [5, 5.41) is 18.5. The number of fused-ring (bicyclic) bond motifs is 5. The molecule has 3 fully saturated rings. The van der Waals surface area contributed by atoms with Crippen LogP contribution in [0.2, 0.25) is 0 Å². The van der Waals surface area contributed by atoms with Crippen LogP contribution >= 0.6 is 0 Å². The maximum Gasteiger partial charge on any atom is 0.303 e. The van der Waals surface area contributed by atoms with E-state index in [9.17, 15) is 9.90 Å². The number of aliphatic carboxylic acids is 1. The minimum absolute atomic E-state index is 0.0766. The minimum Gasteiger partial charge on any atom is -0.481 e. The lowest BCUT2D eigenvalue weighted by Crippen LogP contribution is -2.50. The monoisotopic (exact) mass is 544 g/mol. The molecule has 0 heterocycles. The van der Waals surface area contributed by atoms with E-state index in [4.69, 9.17) is 5.11 Å². The van der Waals surface area contributed by atoms with Crippen molar-refractivity contribution < 1.29 is 15.0 Å². The highest BCUT2D eigenvalue weighted by Gasteiger charge is 2.59. The summed E-state index contributed by atoms with van der Waals surface area (Å²) < 4.78 is 0. The topological polar surface area (TPSA) is 57.5 Å². The van der Waals surface area contributed by atoms with Crippen LogP contribution in [0.15, 0.2) is 11.6 Å². The molecule has 4 aliphatic carbocycles. The van der Waals surface area contributed by atoms with Crippen molar-refractivity contribution >= 4 is 5.97 Å². The van der Waals surface area contributed by atoms with Crippen LogP contribution in [0.25, 0.3) is 0 Å². The summed E-state index contributed by atoms with van der Waals surface area (Å²) in [6.45, 7) is 14.7. The number of aliphatic hydroxyl groups excluding tert-OH is 1. The molecular weight excluding hydrogens is 480 g/mol. The number of hydrogen-bond donors (Lipinski definition) is 2. The Kier molecular flexibility index (Phi) is 12.5. The summed E-state index contributed by atoms with van der Waals surface area (Å²) in [6, 6.07) is 0. The molecule has 0 aromatic heterocycles. The molecule has 0 unspecified atom stereocenters. The first-order chi connectivity index (χ1) is 18.5. The average molecular weight is 545 g/mol. The highest BCUT2D eigenvalue weighted by atomic mass is 16.4. The number of aliphatic hydroxyl groups is 1. The first kappa shape index (κ1) is 32.7. The highest BCUT2D eigenvalue weighted by molar-refractivity contribution is 5.66. The fraction of sp³-hybridized carbons (Fsp3) is 0.917. The zero-order valence-electron chi connectivity index (χ0n) is 26.6. The van der Waals surface area contributed by atoms with Crippen molar-refractivity contribution in [3.05, 3.63) is 11.6 Å². The van der Waals surface area contributed by atoms with E-state index < -0.39 is 5.97 Å². The van der Waals surface area contributed by atoms with Crippen LogP contribution < -0.4 is 0 Å². The summed E-state index contributed by atoms with van der Waals surface area (Å²) in [4.78, 5) is 10.1. The van der Waals surface area contributed by atoms with E-state index in [1.54, 1.807) is 5.57 Å². The molecule has 4 aliphatic rings. The van der Waals surface area contributed by atoms with Crippen LogP contribution in [0.3, 0.4) is 0 Å². The third kappa shape index (κ3) is 8.14. The van der Waals surface area contributed by atoms with Crippen molar-refractivity contribution in [1.82, 2.24) is 0 Å². The number of carboxylic acid groups (broad SMARTS) is 1. The van der Waals surface area contributed by atoms with Crippen molar-refractivity contribution in [3.8, 4) is 0 Å². The molecule has 0 aliphatic heterocycles. The molecule has 0 saturated heterocycles. The fourth-order valence-electron chi connectivity index (χ4n) is 9.72. The average Bonchev–Trinajstić information content (AvgIpc) is 3.24. The van der Waals surface area contributed by atoms with Crippen LogP contribution in [-0.4, -0.2) is 22.3 Å². The van der Waals surface area contributed by atoms with E-state index in [0.717, 1.165) is 61.2 Å². The normalized spacial score (nSPS) is 36.2. The number of allylic oxidation sites excluding steroid dienone is 1. The zero-order chi connectivity index (χ0) is 28.6. The summed E-state index contributed by atoms with van der Waals surface area (Å²) in [5.74, 6) is 4.79.